The van der Waals surface area contributed by atoms with Crippen LogP contribution in [0.25, 0.3) is 0 Å². The first-order valence-corrected chi connectivity index (χ1v) is 7.39. The second-order valence-corrected chi connectivity index (χ2v) is 6.23. The zero-order chi connectivity index (χ0) is 14.0. The standard InChI is InChI=1S/C13H13ClN2O2S/c1-9-7-10(14)5-6-13(9)19(17,18)16-12-4-2-3-11(15)8-12/h2-8,16H,15H2,1H3. The Labute approximate surface area is 117 Å². The molecule has 0 amide bonds. The highest BCUT2D eigenvalue weighted by atomic mass is 35.5. The van der Waals surface area contributed by atoms with Crippen molar-refractivity contribution in [2.45, 2.75) is 11.8 Å². The van der Waals surface area contributed by atoms with Crippen molar-refractivity contribution in [3.63, 3.8) is 0 Å². The van der Waals surface area contributed by atoms with Crippen LogP contribution in [0.1, 0.15) is 5.56 Å². The number of benzene rings is 2. The summed E-state index contributed by atoms with van der Waals surface area (Å²) in [4.78, 5) is 0.194. The number of nitrogens with two attached hydrogens (primary N) is 1. The van der Waals surface area contributed by atoms with Crippen LogP contribution in [-0.2, 0) is 10.0 Å². The first-order valence-electron chi connectivity index (χ1n) is 5.53. The van der Waals surface area contributed by atoms with Crippen molar-refractivity contribution in [3.05, 3.63) is 53.1 Å². The van der Waals surface area contributed by atoms with Crippen LogP contribution in [0.3, 0.4) is 0 Å². The number of rotatable bonds is 3. The monoisotopic (exact) mass is 296 g/mol. The molecular weight excluding hydrogens is 284 g/mol. The molecule has 0 heterocycles. The lowest BCUT2D eigenvalue weighted by atomic mass is 10.2. The molecule has 2 aromatic rings. The van der Waals surface area contributed by atoms with Crippen LogP contribution in [-0.4, -0.2) is 8.42 Å². The highest BCUT2D eigenvalue weighted by Gasteiger charge is 2.16. The summed E-state index contributed by atoms with van der Waals surface area (Å²) < 4.78 is 27.0. The van der Waals surface area contributed by atoms with E-state index in [2.05, 4.69) is 4.72 Å². The molecule has 19 heavy (non-hydrogen) atoms. The van der Waals surface area contributed by atoms with Crippen molar-refractivity contribution in [2.75, 3.05) is 10.5 Å². The summed E-state index contributed by atoms with van der Waals surface area (Å²) in [6.45, 7) is 1.69. The predicted molar refractivity (Wildman–Crippen MR) is 77.9 cm³/mol. The average Bonchev–Trinajstić information content (AvgIpc) is 2.27. The lowest BCUT2D eigenvalue weighted by molar-refractivity contribution is 0.600. The van der Waals surface area contributed by atoms with Crippen molar-refractivity contribution in [1.29, 1.82) is 0 Å². The van der Waals surface area contributed by atoms with Gasteiger partial charge in [-0.1, -0.05) is 17.7 Å². The first-order chi connectivity index (χ1) is 8.88. The van der Waals surface area contributed by atoms with Crippen molar-refractivity contribution < 1.29 is 8.42 Å². The molecule has 2 aromatic carbocycles. The number of aryl methyl sites for hydroxylation is 1. The van der Waals surface area contributed by atoms with Gasteiger partial charge >= 0.3 is 0 Å². The molecule has 0 atom stereocenters. The van der Waals surface area contributed by atoms with Gasteiger partial charge < -0.3 is 5.73 Å². The van der Waals surface area contributed by atoms with E-state index in [1.165, 1.54) is 6.07 Å². The van der Waals surface area contributed by atoms with Gasteiger partial charge in [0.05, 0.1) is 10.6 Å². The van der Waals surface area contributed by atoms with E-state index in [0.717, 1.165) is 0 Å². The summed E-state index contributed by atoms with van der Waals surface area (Å²) in [5.74, 6) is 0. The van der Waals surface area contributed by atoms with Gasteiger partial charge in [-0.25, -0.2) is 8.42 Å². The number of hydrogen-bond acceptors (Lipinski definition) is 3. The number of halogens is 1. The van der Waals surface area contributed by atoms with Crippen LogP contribution >= 0.6 is 11.6 Å². The fourth-order valence-electron chi connectivity index (χ4n) is 1.73. The Morgan fingerprint density at radius 2 is 1.89 bits per heavy atom. The molecule has 3 N–H and O–H groups in total. The Bertz CT molecular complexity index is 714. The van der Waals surface area contributed by atoms with E-state index in [-0.39, 0.29) is 4.90 Å². The summed E-state index contributed by atoms with van der Waals surface area (Å²) in [6.07, 6.45) is 0. The van der Waals surface area contributed by atoms with Crippen LogP contribution < -0.4 is 10.5 Å². The third-order valence-electron chi connectivity index (χ3n) is 2.57. The van der Waals surface area contributed by atoms with Crippen LogP contribution in [0.5, 0.6) is 0 Å². The Morgan fingerprint density at radius 1 is 1.16 bits per heavy atom. The molecule has 0 saturated carbocycles. The van der Waals surface area contributed by atoms with Crippen LogP contribution in [0.2, 0.25) is 5.02 Å². The van der Waals surface area contributed by atoms with E-state index in [0.29, 0.717) is 22.0 Å². The van der Waals surface area contributed by atoms with Crippen molar-refractivity contribution in [3.8, 4) is 0 Å². The molecular formula is C13H13ClN2O2S. The number of sulfonamides is 1. The third kappa shape index (κ3) is 3.19. The van der Waals surface area contributed by atoms with Gasteiger partial charge in [0, 0.05) is 10.7 Å². The lowest BCUT2D eigenvalue weighted by Crippen LogP contribution is -2.14. The van der Waals surface area contributed by atoms with E-state index in [9.17, 15) is 8.42 Å². The largest absolute Gasteiger partial charge is 0.399 e. The topological polar surface area (TPSA) is 72.2 Å². The lowest BCUT2D eigenvalue weighted by Gasteiger charge is -2.11. The molecule has 0 aliphatic heterocycles. The van der Waals surface area contributed by atoms with E-state index in [4.69, 9.17) is 17.3 Å². The predicted octanol–water partition coefficient (Wildman–Crippen LogP) is 3.03. The van der Waals surface area contributed by atoms with Crippen LogP contribution in [0.15, 0.2) is 47.4 Å². The molecule has 0 radical (unpaired) electrons. The first kappa shape index (κ1) is 13.7. The third-order valence-corrected chi connectivity index (χ3v) is 4.34. The molecule has 4 nitrogen and oxygen atoms in total. The van der Waals surface area contributed by atoms with Gasteiger partial charge in [0.1, 0.15) is 0 Å². The molecule has 2 rings (SSSR count). The maximum absolute atomic E-state index is 12.2. The quantitative estimate of drug-likeness (QED) is 0.855. The summed E-state index contributed by atoms with van der Waals surface area (Å²) in [5, 5.41) is 0.500. The van der Waals surface area contributed by atoms with Gasteiger partial charge in [-0.2, -0.15) is 0 Å². The molecule has 100 valence electrons. The molecule has 0 unspecified atom stereocenters. The Morgan fingerprint density at radius 3 is 2.53 bits per heavy atom. The summed E-state index contributed by atoms with van der Waals surface area (Å²) in [6, 6.07) is 11.2. The SMILES string of the molecule is Cc1cc(Cl)ccc1S(=O)(=O)Nc1cccc(N)c1. The van der Waals surface area contributed by atoms with Gasteiger partial charge in [0.25, 0.3) is 10.0 Å². The molecule has 0 fully saturated rings. The van der Waals surface area contributed by atoms with Gasteiger partial charge in [-0.15, -0.1) is 0 Å². The molecule has 0 aliphatic rings. The molecule has 0 aliphatic carbocycles. The molecule has 0 bridgehead atoms. The van der Waals surface area contributed by atoms with Gasteiger partial charge in [0.2, 0.25) is 0 Å². The molecule has 0 saturated heterocycles. The van der Waals surface area contributed by atoms with Crippen LogP contribution in [0.4, 0.5) is 11.4 Å². The van der Waals surface area contributed by atoms with E-state index in [1.807, 2.05) is 0 Å². The Balaban J connectivity index is 2.38. The zero-order valence-corrected chi connectivity index (χ0v) is 11.8. The number of nitrogens with one attached hydrogen (secondary N) is 1. The number of hydrogen-bond donors (Lipinski definition) is 2. The molecule has 0 aromatic heterocycles. The van der Waals surface area contributed by atoms with Crippen molar-refractivity contribution in [1.82, 2.24) is 0 Å². The van der Waals surface area contributed by atoms with Crippen LogP contribution in [0, 0.1) is 6.92 Å². The maximum atomic E-state index is 12.2. The maximum Gasteiger partial charge on any atom is 0.262 e. The molecule has 0 spiro atoms. The van der Waals surface area contributed by atoms with E-state index < -0.39 is 10.0 Å². The van der Waals surface area contributed by atoms with Gasteiger partial charge in [-0.3, -0.25) is 4.72 Å². The summed E-state index contributed by atoms with van der Waals surface area (Å²) >= 11 is 5.82. The average molecular weight is 297 g/mol. The summed E-state index contributed by atoms with van der Waals surface area (Å²) in [5.41, 5.74) is 7.12. The smallest absolute Gasteiger partial charge is 0.262 e. The number of anilines is 2. The van der Waals surface area contributed by atoms with Gasteiger partial charge in [0.15, 0.2) is 0 Å². The minimum atomic E-state index is -3.64. The Hall–Kier alpha value is -1.72. The van der Waals surface area contributed by atoms with Gasteiger partial charge in [-0.05, 0) is 48.9 Å². The summed E-state index contributed by atoms with van der Waals surface area (Å²) in [7, 11) is -3.64. The van der Waals surface area contributed by atoms with E-state index >= 15 is 0 Å². The highest BCUT2D eigenvalue weighted by molar-refractivity contribution is 7.92. The fourth-order valence-corrected chi connectivity index (χ4v) is 3.23. The van der Waals surface area contributed by atoms with Crippen molar-refractivity contribution >= 4 is 33.0 Å². The van der Waals surface area contributed by atoms with E-state index in [1.54, 1.807) is 43.3 Å². The minimum absolute atomic E-state index is 0.194. The highest BCUT2D eigenvalue weighted by Crippen LogP contribution is 2.23. The normalized spacial score (nSPS) is 11.3. The van der Waals surface area contributed by atoms with Crippen molar-refractivity contribution in [2.24, 2.45) is 0 Å². The fraction of sp³-hybridized carbons (Fsp3) is 0.0769. The Kier molecular flexibility index (Phi) is 3.68. The molecule has 6 heteroatoms. The zero-order valence-electron chi connectivity index (χ0n) is 10.2. The number of nitrogen functional groups attached to an aromatic ring is 1. The minimum Gasteiger partial charge on any atom is -0.399 e. The second kappa shape index (κ2) is 5.11. The second-order valence-electron chi connectivity index (χ2n) is 4.14.